The molecule has 2 aromatic rings. The van der Waals surface area contributed by atoms with E-state index in [1.165, 1.54) is 6.42 Å². The van der Waals surface area contributed by atoms with Gasteiger partial charge in [-0.2, -0.15) is 0 Å². The molecule has 1 aromatic heterocycles. The van der Waals surface area contributed by atoms with Crippen molar-refractivity contribution >= 4 is 16.0 Å². The van der Waals surface area contributed by atoms with Gasteiger partial charge >= 0.3 is 0 Å². The van der Waals surface area contributed by atoms with Crippen LogP contribution in [0.5, 0.6) is 5.75 Å². The molecule has 0 bridgehead atoms. The summed E-state index contributed by atoms with van der Waals surface area (Å²) in [5, 5.41) is 0. The van der Waals surface area contributed by atoms with Crippen molar-refractivity contribution < 1.29 is 13.2 Å². The van der Waals surface area contributed by atoms with Crippen molar-refractivity contribution in [2.45, 2.75) is 51.5 Å². The molecule has 0 aliphatic carbocycles. The molecule has 0 saturated carbocycles. The Morgan fingerprint density at radius 2 is 1.79 bits per heavy atom. The van der Waals surface area contributed by atoms with Gasteiger partial charge in [-0.15, -0.1) is 0 Å². The van der Waals surface area contributed by atoms with Crippen LogP contribution in [0.25, 0.3) is 0 Å². The van der Waals surface area contributed by atoms with Crippen LogP contribution in [0.15, 0.2) is 23.1 Å². The summed E-state index contributed by atoms with van der Waals surface area (Å²) in [5.41, 5.74) is 3.00. The van der Waals surface area contributed by atoms with Crippen molar-refractivity contribution in [2.75, 3.05) is 25.1 Å². The first-order chi connectivity index (χ1) is 13.3. The Morgan fingerprint density at radius 1 is 1.07 bits per heavy atom. The first kappa shape index (κ1) is 20.5. The molecule has 8 heteroatoms. The van der Waals surface area contributed by atoms with E-state index in [-0.39, 0.29) is 11.4 Å². The van der Waals surface area contributed by atoms with E-state index in [0.29, 0.717) is 23.0 Å². The first-order valence-corrected chi connectivity index (χ1v) is 11.0. The fraction of sp³-hybridized carbons (Fsp3) is 0.500. The van der Waals surface area contributed by atoms with E-state index in [0.717, 1.165) is 37.2 Å². The summed E-state index contributed by atoms with van der Waals surface area (Å²) in [5.74, 6) is 1.36. The Morgan fingerprint density at radius 3 is 2.46 bits per heavy atom. The normalized spacial score (nSPS) is 14.9. The van der Waals surface area contributed by atoms with Gasteiger partial charge < -0.3 is 9.64 Å². The van der Waals surface area contributed by atoms with Gasteiger partial charge in [-0.05, 0) is 69.4 Å². The van der Waals surface area contributed by atoms with Gasteiger partial charge in [0.25, 0.3) is 0 Å². The van der Waals surface area contributed by atoms with Crippen molar-refractivity contribution in [1.29, 1.82) is 0 Å². The van der Waals surface area contributed by atoms with E-state index in [1.54, 1.807) is 26.2 Å². The van der Waals surface area contributed by atoms with Gasteiger partial charge in [0, 0.05) is 18.8 Å². The molecule has 0 radical (unpaired) electrons. The number of ether oxygens (including phenoxy) is 1. The van der Waals surface area contributed by atoms with Gasteiger partial charge in [0.2, 0.25) is 16.0 Å². The molecule has 0 spiro atoms. The number of aromatic nitrogens is 2. The Balaban J connectivity index is 1.79. The summed E-state index contributed by atoms with van der Waals surface area (Å²) < 4.78 is 33.6. The molecule has 28 heavy (non-hydrogen) atoms. The second-order valence-electron chi connectivity index (χ2n) is 7.19. The number of sulfonamides is 1. The van der Waals surface area contributed by atoms with Gasteiger partial charge in [0.05, 0.1) is 24.2 Å². The van der Waals surface area contributed by atoms with E-state index in [4.69, 9.17) is 4.74 Å². The lowest BCUT2D eigenvalue weighted by molar-refractivity contribution is 0.410. The maximum Gasteiger partial charge on any atom is 0.241 e. The predicted octanol–water partition coefficient (Wildman–Crippen LogP) is 2.88. The highest BCUT2D eigenvalue weighted by molar-refractivity contribution is 7.89. The highest BCUT2D eigenvalue weighted by Crippen LogP contribution is 2.27. The summed E-state index contributed by atoms with van der Waals surface area (Å²) in [6, 6.07) is 5.08. The van der Waals surface area contributed by atoms with Crippen LogP contribution in [-0.4, -0.2) is 38.6 Å². The molecule has 1 fully saturated rings. The second kappa shape index (κ2) is 8.45. The van der Waals surface area contributed by atoms with E-state index in [9.17, 15) is 8.42 Å². The molecule has 3 rings (SSSR count). The van der Waals surface area contributed by atoms with E-state index in [1.807, 2.05) is 19.9 Å². The highest BCUT2D eigenvalue weighted by Gasteiger charge is 2.20. The third-order valence-electron chi connectivity index (χ3n) is 5.17. The van der Waals surface area contributed by atoms with Crippen LogP contribution in [-0.2, 0) is 16.6 Å². The molecule has 1 aromatic carbocycles. The Bertz CT molecular complexity index is 954. The lowest BCUT2D eigenvalue weighted by atomic mass is 10.1. The van der Waals surface area contributed by atoms with Crippen LogP contribution in [0.3, 0.4) is 0 Å². The van der Waals surface area contributed by atoms with Gasteiger partial charge in [0.15, 0.2) is 0 Å². The number of piperidine rings is 1. The van der Waals surface area contributed by atoms with Crippen molar-refractivity contribution in [3.8, 4) is 5.75 Å². The molecule has 152 valence electrons. The SMILES string of the molecule is COc1ccc(S(=O)(=O)NCc2cc(C)nc(N3CCCCC3)n2)c(C)c1C. The third-order valence-corrected chi connectivity index (χ3v) is 6.72. The average Bonchev–Trinajstić information content (AvgIpc) is 2.68. The number of benzene rings is 1. The summed E-state index contributed by atoms with van der Waals surface area (Å²) in [6.07, 6.45) is 3.50. The Kier molecular flexibility index (Phi) is 6.20. The molecule has 0 atom stereocenters. The number of nitrogens with zero attached hydrogens (tertiary/aromatic N) is 3. The minimum atomic E-state index is -3.67. The quantitative estimate of drug-likeness (QED) is 0.797. The number of anilines is 1. The molecule has 1 N–H and O–H groups in total. The molecule has 0 amide bonds. The smallest absolute Gasteiger partial charge is 0.241 e. The molecular weight excluding hydrogens is 376 g/mol. The van der Waals surface area contributed by atoms with E-state index >= 15 is 0 Å². The Labute approximate surface area is 167 Å². The van der Waals surface area contributed by atoms with Crippen molar-refractivity contribution in [3.63, 3.8) is 0 Å². The number of methoxy groups -OCH3 is 1. The minimum Gasteiger partial charge on any atom is -0.496 e. The fourth-order valence-corrected chi connectivity index (χ4v) is 4.77. The molecule has 1 saturated heterocycles. The number of hydrogen-bond acceptors (Lipinski definition) is 6. The van der Waals surface area contributed by atoms with Crippen LogP contribution in [0.4, 0.5) is 5.95 Å². The van der Waals surface area contributed by atoms with Gasteiger partial charge in [-0.3, -0.25) is 0 Å². The van der Waals surface area contributed by atoms with Crippen molar-refractivity contribution in [3.05, 3.63) is 40.7 Å². The largest absolute Gasteiger partial charge is 0.496 e. The second-order valence-corrected chi connectivity index (χ2v) is 8.92. The van der Waals surface area contributed by atoms with Crippen LogP contribution < -0.4 is 14.4 Å². The minimum absolute atomic E-state index is 0.122. The number of nitrogens with one attached hydrogen (secondary N) is 1. The fourth-order valence-electron chi connectivity index (χ4n) is 3.47. The lowest BCUT2D eigenvalue weighted by Gasteiger charge is -2.27. The zero-order chi connectivity index (χ0) is 20.3. The monoisotopic (exact) mass is 404 g/mol. The van der Waals surface area contributed by atoms with Crippen LogP contribution in [0.1, 0.15) is 41.8 Å². The molecular formula is C20H28N4O3S. The summed E-state index contributed by atoms with van der Waals surface area (Å²) in [7, 11) is -2.09. The summed E-state index contributed by atoms with van der Waals surface area (Å²) in [6.45, 7) is 7.56. The van der Waals surface area contributed by atoms with E-state index in [2.05, 4.69) is 19.6 Å². The molecule has 0 unspecified atom stereocenters. The summed E-state index contributed by atoms with van der Waals surface area (Å²) in [4.78, 5) is 11.5. The standard InChI is InChI=1S/C20H28N4O3S/c1-14-12-17(23-20(22-14)24-10-6-5-7-11-24)13-21-28(25,26)19-9-8-18(27-4)15(2)16(19)3/h8-9,12,21H,5-7,10-11,13H2,1-4H3. The van der Waals surface area contributed by atoms with Crippen molar-refractivity contribution in [2.24, 2.45) is 0 Å². The summed E-state index contributed by atoms with van der Waals surface area (Å²) >= 11 is 0. The van der Waals surface area contributed by atoms with Crippen LogP contribution >= 0.6 is 0 Å². The predicted molar refractivity (Wildman–Crippen MR) is 109 cm³/mol. The van der Waals surface area contributed by atoms with Gasteiger partial charge in [-0.1, -0.05) is 0 Å². The van der Waals surface area contributed by atoms with Crippen LogP contribution in [0, 0.1) is 20.8 Å². The lowest BCUT2D eigenvalue weighted by Crippen LogP contribution is -2.32. The number of hydrogen-bond donors (Lipinski definition) is 1. The average molecular weight is 405 g/mol. The molecule has 1 aliphatic heterocycles. The van der Waals surface area contributed by atoms with E-state index < -0.39 is 10.0 Å². The van der Waals surface area contributed by atoms with Crippen molar-refractivity contribution in [1.82, 2.24) is 14.7 Å². The zero-order valence-corrected chi connectivity index (χ0v) is 17.8. The van der Waals surface area contributed by atoms with Crippen LogP contribution in [0.2, 0.25) is 0 Å². The highest BCUT2D eigenvalue weighted by atomic mass is 32.2. The molecule has 7 nitrogen and oxygen atoms in total. The molecule has 2 heterocycles. The Hall–Kier alpha value is -2.19. The zero-order valence-electron chi connectivity index (χ0n) is 16.9. The topological polar surface area (TPSA) is 84.4 Å². The number of rotatable bonds is 6. The van der Waals surface area contributed by atoms with Gasteiger partial charge in [-0.25, -0.2) is 23.1 Å². The maximum absolute atomic E-state index is 12.8. The van der Waals surface area contributed by atoms with Gasteiger partial charge in [0.1, 0.15) is 5.75 Å². The molecule has 1 aliphatic rings. The maximum atomic E-state index is 12.8. The third kappa shape index (κ3) is 4.44. The first-order valence-electron chi connectivity index (χ1n) is 9.55. The number of aryl methyl sites for hydroxylation is 1.